The van der Waals surface area contributed by atoms with Crippen molar-refractivity contribution in [3.05, 3.63) is 131 Å². The summed E-state index contributed by atoms with van der Waals surface area (Å²) < 4.78 is 6.11. The summed E-state index contributed by atoms with van der Waals surface area (Å²) in [4.78, 5) is 7.25. The molecule has 0 saturated carbocycles. The summed E-state index contributed by atoms with van der Waals surface area (Å²) >= 11 is 0. The van der Waals surface area contributed by atoms with Crippen molar-refractivity contribution in [2.24, 2.45) is 4.99 Å². The summed E-state index contributed by atoms with van der Waals surface area (Å²) in [6.07, 6.45) is 8.96. The molecule has 0 aromatic heterocycles. The zero-order valence-electron chi connectivity index (χ0n) is 22.5. The Labute approximate surface area is 222 Å². The highest BCUT2D eigenvalue weighted by molar-refractivity contribution is 5.97. The molecular weight excluding hydrogens is 452 g/mol. The number of benzene rings is 3. The summed E-state index contributed by atoms with van der Waals surface area (Å²) in [5, 5.41) is 0. The van der Waals surface area contributed by atoms with E-state index in [9.17, 15) is 0 Å². The molecule has 0 N–H and O–H groups in total. The second kappa shape index (κ2) is 10.8. The first kappa shape index (κ1) is 25.1. The first-order valence-electron chi connectivity index (χ1n) is 13.5. The van der Waals surface area contributed by atoms with Gasteiger partial charge in [-0.1, -0.05) is 84.9 Å². The lowest BCUT2D eigenvalue weighted by atomic mass is 9.83. The summed E-state index contributed by atoms with van der Waals surface area (Å²) in [7, 11) is 0. The molecule has 5 rings (SSSR count). The third-order valence-corrected chi connectivity index (χ3v) is 7.52. The summed E-state index contributed by atoms with van der Waals surface area (Å²) in [5.41, 5.74) is 7.82. The minimum atomic E-state index is -0.183. The highest BCUT2D eigenvalue weighted by atomic mass is 16.5. The molecule has 0 spiro atoms. The van der Waals surface area contributed by atoms with Gasteiger partial charge in [0.25, 0.3) is 0 Å². The molecule has 3 aromatic rings. The number of ether oxygens (including phenoxy) is 1. The van der Waals surface area contributed by atoms with Crippen molar-refractivity contribution in [2.75, 3.05) is 13.2 Å². The Morgan fingerprint density at radius 2 is 1.51 bits per heavy atom. The van der Waals surface area contributed by atoms with E-state index in [0.29, 0.717) is 12.5 Å². The molecule has 0 amide bonds. The van der Waals surface area contributed by atoms with Gasteiger partial charge in [-0.2, -0.15) is 0 Å². The van der Waals surface area contributed by atoms with Gasteiger partial charge in [0.15, 0.2) is 0 Å². The van der Waals surface area contributed by atoms with E-state index in [1.807, 2.05) is 0 Å². The van der Waals surface area contributed by atoms with Crippen LogP contribution in [0.1, 0.15) is 66.3 Å². The van der Waals surface area contributed by atoms with E-state index in [-0.39, 0.29) is 11.5 Å². The lowest BCUT2D eigenvalue weighted by Crippen LogP contribution is -2.22. The van der Waals surface area contributed by atoms with E-state index in [4.69, 9.17) is 9.73 Å². The van der Waals surface area contributed by atoms with Crippen LogP contribution >= 0.6 is 0 Å². The van der Waals surface area contributed by atoms with E-state index < -0.39 is 0 Å². The molecule has 37 heavy (non-hydrogen) atoms. The van der Waals surface area contributed by atoms with Gasteiger partial charge >= 0.3 is 0 Å². The number of aliphatic imine (C=N–C) groups is 1. The molecule has 2 aliphatic rings. The Bertz CT molecular complexity index is 1270. The number of hydrogen-bond acceptors (Lipinski definition) is 3. The molecule has 2 aliphatic heterocycles. The molecule has 1 unspecified atom stereocenters. The number of nitrogens with zero attached hydrogens (tertiary/aromatic N) is 2. The number of allylic oxidation sites excluding steroid dienone is 1. The maximum absolute atomic E-state index is 6.11. The molecule has 190 valence electrons. The van der Waals surface area contributed by atoms with Gasteiger partial charge in [-0.15, -0.1) is 0 Å². The molecule has 3 heteroatoms. The second-order valence-corrected chi connectivity index (χ2v) is 11.0. The minimum Gasteiger partial charge on any atom is -0.475 e. The summed E-state index contributed by atoms with van der Waals surface area (Å²) in [6.45, 7) is 10.3. The highest BCUT2D eigenvalue weighted by Gasteiger charge is 2.32. The average molecular weight is 491 g/mol. The third kappa shape index (κ3) is 5.72. The van der Waals surface area contributed by atoms with Crippen LogP contribution in [0, 0.1) is 13.8 Å². The minimum absolute atomic E-state index is 0.150. The molecule has 3 aromatic carbocycles. The topological polar surface area (TPSA) is 24.8 Å². The van der Waals surface area contributed by atoms with Crippen molar-refractivity contribution in [1.82, 2.24) is 4.90 Å². The summed E-state index contributed by atoms with van der Waals surface area (Å²) in [5.74, 6) is 1.32. The number of aryl methyl sites for hydroxylation is 2. The van der Waals surface area contributed by atoms with Crippen molar-refractivity contribution >= 4 is 5.90 Å². The normalized spacial score (nSPS) is 18.5. The Morgan fingerprint density at radius 3 is 2.11 bits per heavy atom. The SMILES string of the molecule is Cc1ccccc1C(CCCN1C=CC(c2ccccc2)C(C2=NC(C)(C)CO2)=C1)c1ccccc1C. The quantitative estimate of drug-likeness (QED) is 0.320. The fourth-order valence-corrected chi connectivity index (χ4v) is 5.52. The monoisotopic (exact) mass is 490 g/mol. The molecular formula is C34H38N2O. The molecule has 0 saturated heterocycles. The third-order valence-electron chi connectivity index (χ3n) is 7.52. The average Bonchev–Trinajstić information content (AvgIpc) is 3.28. The van der Waals surface area contributed by atoms with Crippen LogP contribution in [-0.2, 0) is 4.74 Å². The molecule has 0 aliphatic carbocycles. The number of hydrogen-bond donors (Lipinski definition) is 0. The van der Waals surface area contributed by atoms with Gasteiger partial charge in [-0.3, -0.25) is 0 Å². The summed E-state index contributed by atoms with van der Waals surface area (Å²) in [6, 6.07) is 28.3. The second-order valence-electron chi connectivity index (χ2n) is 11.0. The number of rotatable bonds is 8. The van der Waals surface area contributed by atoms with Gasteiger partial charge < -0.3 is 9.64 Å². The highest BCUT2D eigenvalue weighted by Crippen LogP contribution is 2.36. The van der Waals surface area contributed by atoms with Crippen molar-refractivity contribution in [1.29, 1.82) is 0 Å². The van der Waals surface area contributed by atoms with Gasteiger partial charge in [0.05, 0.1) is 5.54 Å². The van der Waals surface area contributed by atoms with Crippen LogP contribution in [0.4, 0.5) is 0 Å². The Morgan fingerprint density at radius 1 is 0.892 bits per heavy atom. The molecule has 2 heterocycles. The van der Waals surface area contributed by atoms with Crippen molar-refractivity contribution < 1.29 is 4.74 Å². The predicted molar refractivity (Wildman–Crippen MR) is 154 cm³/mol. The lowest BCUT2D eigenvalue weighted by molar-refractivity contribution is 0.277. The van der Waals surface area contributed by atoms with Gasteiger partial charge in [0, 0.05) is 36.4 Å². The molecule has 0 radical (unpaired) electrons. The first-order valence-corrected chi connectivity index (χ1v) is 13.5. The molecule has 3 nitrogen and oxygen atoms in total. The smallest absolute Gasteiger partial charge is 0.215 e. The Kier molecular flexibility index (Phi) is 7.32. The zero-order valence-corrected chi connectivity index (χ0v) is 22.5. The van der Waals surface area contributed by atoms with Gasteiger partial charge in [0.1, 0.15) is 6.61 Å². The largest absolute Gasteiger partial charge is 0.475 e. The van der Waals surface area contributed by atoms with Crippen LogP contribution in [0.25, 0.3) is 0 Å². The first-order chi connectivity index (χ1) is 17.9. The molecule has 0 fully saturated rings. The predicted octanol–water partition coefficient (Wildman–Crippen LogP) is 7.92. The lowest BCUT2D eigenvalue weighted by Gasteiger charge is -2.28. The van der Waals surface area contributed by atoms with Gasteiger partial charge in [0.2, 0.25) is 5.90 Å². The van der Waals surface area contributed by atoms with Gasteiger partial charge in [-0.05, 0) is 68.4 Å². The molecule has 1 atom stereocenters. The van der Waals surface area contributed by atoms with Crippen LogP contribution in [0.15, 0.2) is 108 Å². The van der Waals surface area contributed by atoms with Crippen molar-refractivity contribution in [3.8, 4) is 0 Å². The van der Waals surface area contributed by atoms with E-state index in [1.165, 1.54) is 27.8 Å². The van der Waals surface area contributed by atoms with E-state index in [2.05, 4.69) is 130 Å². The Balaban J connectivity index is 1.37. The van der Waals surface area contributed by atoms with Crippen LogP contribution in [-0.4, -0.2) is 29.5 Å². The fourth-order valence-electron chi connectivity index (χ4n) is 5.52. The van der Waals surface area contributed by atoms with Crippen molar-refractivity contribution in [2.45, 2.75) is 57.9 Å². The Hall–Kier alpha value is -3.59. The van der Waals surface area contributed by atoms with E-state index in [0.717, 1.165) is 30.9 Å². The van der Waals surface area contributed by atoms with E-state index in [1.54, 1.807) is 0 Å². The zero-order chi connectivity index (χ0) is 25.8. The van der Waals surface area contributed by atoms with Crippen LogP contribution < -0.4 is 0 Å². The van der Waals surface area contributed by atoms with Crippen LogP contribution in [0.3, 0.4) is 0 Å². The van der Waals surface area contributed by atoms with Crippen molar-refractivity contribution in [3.63, 3.8) is 0 Å². The maximum Gasteiger partial charge on any atom is 0.215 e. The standard InChI is InChI=1S/C34H38N2O/c1-25-13-8-10-17-28(25)31(29-18-11-9-14-26(29)2)19-12-21-36-22-20-30(27-15-6-5-7-16-27)32(23-36)33-35-34(3,4)24-37-33/h5-11,13-18,20,22-23,30-31H,12,19,21,24H2,1-4H3. The van der Waals surface area contributed by atoms with Crippen LogP contribution in [0.5, 0.6) is 0 Å². The fraction of sp³-hybridized carbons (Fsp3) is 0.324. The van der Waals surface area contributed by atoms with Crippen LogP contribution in [0.2, 0.25) is 0 Å². The maximum atomic E-state index is 6.11. The molecule has 0 bridgehead atoms. The van der Waals surface area contributed by atoms with E-state index >= 15 is 0 Å². The van der Waals surface area contributed by atoms with Gasteiger partial charge in [-0.25, -0.2) is 4.99 Å².